The van der Waals surface area contributed by atoms with E-state index in [9.17, 15) is 0 Å². The van der Waals surface area contributed by atoms with Crippen molar-refractivity contribution >= 4 is 5.69 Å². The van der Waals surface area contributed by atoms with Gasteiger partial charge in [-0.3, -0.25) is 0 Å². The third-order valence-corrected chi connectivity index (χ3v) is 4.29. The van der Waals surface area contributed by atoms with Crippen molar-refractivity contribution in [3.8, 4) is 34.3 Å². The number of rotatable bonds is 4. The lowest BCUT2D eigenvalue weighted by atomic mass is 10.1. The van der Waals surface area contributed by atoms with E-state index in [1.807, 2.05) is 38.1 Å². The van der Waals surface area contributed by atoms with Crippen LogP contribution in [0.3, 0.4) is 0 Å². The van der Waals surface area contributed by atoms with E-state index in [0.717, 1.165) is 30.0 Å². The molecule has 142 valence electrons. The van der Waals surface area contributed by atoms with Crippen molar-refractivity contribution in [1.82, 2.24) is 15.5 Å². The zero-order chi connectivity index (χ0) is 19.5. The lowest BCUT2D eigenvalue weighted by Gasteiger charge is -2.11. The molecule has 0 amide bonds. The highest BCUT2D eigenvalue weighted by Gasteiger charge is 2.19. The Bertz CT molecular complexity index is 1040. The van der Waals surface area contributed by atoms with E-state index in [0.29, 0.717) is 35.3 Å². The van der Waals surface area contributed by atoms with Crippen LogP contribution in [0, 0.1) is 6.57 Å². The molecule has 2 heterocycles. The van der Waals surface area contributed by atoms with Gasteiger partial charge in [-0.25, -0.2) is 4.85 Å². The van der Waals surface area contributed by atoms with Crippen LogP contribution in [-0.4, -0.2) is 29.4 Å². The summed E-state index contributed by atoms with van der Waals surface area (Å²) in [6.45, 7) is 13.4. The summed E-state index contributed by atoms with van der Waals surface area (Å²) in [5.41, 5.74) is 2.94. The summed E-state index contributed by atoms with van der Waals surface area (Å²) in [4.78, 5) is 8.08. The molecule has 0 bridgehead atoms. The molecule has 1 aliphatic rings. The van der Waals surface area contributed by atoms with Crippen molar-refractivity contribution in [1.29, 1.82) is 0 Å². The van der Waals surface area contributed by atoms with E-state index >= 15 is 0 Å². The summed E-state index contributed by atoms with van der Waals surface area (Å²) in [6, 6.07) is 11.2. The van der Waals surface area contributed by atoms with Crippen LogP contribution in [0.5, 0.6) is 11.5 Å². The largest absolute Gasteiger partial charge is 0.502 e. The molecule has 0 atom stereocenters. The lowest BCUT2D eigenvalue weighted by molar-refractivity contribution is 0.244. The Morgan fingerprint density at radius 3 is 2.96 bits per heavy atom. The maximum absolute atomic E-state index is 7.41. The number of nitrogens with zero attached hydrogens (tertiary/aromatic N) is 3. The highest BCUT2D eigenvalue weighted by atomic mass is 16.5. The monoisotopic (exact) mass is 376 g/mol. The fourth-order valence-corrected chi connectivity index (χ4v) is 3.06. The lowest BCUT2D eigenvalue weighted by Crippen LogP contribution is -2.16. The van der Waals surface area contributed by atoms with Gasteiger partial charge in [0, 0.05) is 24.2 Å². The topological polar surface area (TPSA) is 73.8 Å². The summed E-state index contributed by atoms with van der Waals surface area (Å²) in [6.07, 6.45) is -0.0100. The zero-order valence-electron chi connectivity index (χ0n) is 15.7. The molecule has 1 aromatic heterocycles. The number of ether oxygens (including phenoxy) is 2. The molecule has 0 aliphatic carbocycles. The average Bonchev–Trinajstić information content (AvgIpc) is 3.05. The van der Waals surface area contributed by atoms with Crippen molar-refractivity contribution in [2.75, 3.05) is 13.2 Å². The smallest absolute Gasteiger partial charge is 0.256 e. The zero-order valence-corrected chi connectivity index (χ0v) is 15.7. The van der Waals surface area contributed by atoms with E-state index in [1.165, 1.54) is 0 Å². The molecule has 0 fully saturated rings. The van der Waals surface area contributed by atoms with Crippen LogP contribution in [0.4, 0.5) is 5.69 Å². The van der Waals surface area contributed by atoms with Gasteiger partial charge in [0.25, 0.3) is 5.89 Å². The summed E-state index contributed by atoms with van der Waals surface area (Å²) in [5.74, 6) is 2.13. The van der Waals surface area contributed by atoms with Gasteiger partial charge in [0.05, 0.1) is 18.2 Å². The number of hydrogen-bond donors (Lipinski definition) is 1. The summed E-state index contributed by atoms with van der Waals surface area (Å²) >= 11 is 0. The van der Waals surface area contributed by atoms with Crippen LogP contribution in [0.2, 0.25) is 0 Å². The molecule has 0 unspecified atom stereocenters. The van der Waals surface area contributed by atoms with Crippen molar-refractivity contribution < 1.29 is 14.0 Å². The molecule has 2 aromatic carbocycles. The molecule has 7 heteroatoms. The van der Waals surface area contributed by atoms with Crippen molar-refractivity contribution in [2.45, 2.75) is 26.5 Å². The minimum atomic E-state index is -0.0100. The van der Waals surface area contributed by atoms with Gasteiger partial charge in [-0.05, 0) is 38.1 Å². The predicted molar refractivity (Wildman–Crippen MR) is 104 cm³/mol. The molecule has 28 heavy (non-hydrogen) atoms. The van der Waals surface area contributed by atoms with E-state index in [1.54, 1.807) is 12.1 Å². The first kappa shape index (κ1) is 18.0. The van der Waals surface area contributed by atoms with Crippen LogP contribution >= 0.6 is 0 Å². The van der Waals surface area contributed by atoms with Gasteiger partial charge in [0.2, 0.25) is 11.5 Å². The van der Waals surface area contributed by atoms with E-state index < -0.39 is 0 Å². The Kier molecular flexibility index (Phi) is 4.96. The first-order chi connectivity index (χ1) is 13.7. The molecular formula is C21H20N4O3. The van der Waals surface area contributed by atoms with E-state index in [4.69, 9.17) is 20.6 Å². The molecule has 1 aliphatic heterocycles. The molecule has 4 rings (SSSR count). The summed E-state index contributed by atoms with van der Waals surface area (Å²) in [5, 5.41) is 7.45. The molecule has 1 N–H and O–H groups in total. The highest BCUT2D eigenvalue weighted by Crippen LogP contribution is 2.36. The fourth-order valence-electron chi connectivity index (χ4n) is 3.06. The first-order valence-electron chi connectivity index (χ1n) is 9.13. The fraction of sp³-hybridized carbons (Fsp3) is 0.286. The minimum absolute atomic E-state index is 0.0100. The Morgan fingerprint density at radius 2 is 2.14 bits per heavy atom. The van der Waals surface area contributed by atoms with E-state index in [2.05, 4.69) is 20.3 Å². The molecule has 0 radical (unpaired) electrons. The predicted octanol–water partition coefficient (Wildman–Crippen LogP) is 4.22. The van der Waals surface area contributed by atoms with Crippen LogP contribution in [-0.2, 0) is 6.54 Å². The van der Waals surface area contributed by atoms with Gasteiger partial charge in [-0.1, -0.05) is 17.3 Å². The second-order valence-electron chi connectivity index (χ2n) is 6.70. The van der Waals surface area contributed by atoms with Gasteiger partial charge in [-0.2, -0.15) is 4.98 Å². The first-order valence-corrected chi connectivity index (χ1v) is 9.13. The Balaban J connectivity index is 1.69. The summed E-state index contributed by atoms with van der Waals surface area (Å²) < 4.78 is 17.0. The minimum Gasteiger partial charge on any atom is -0.502 e. The number of para-hydroxylation sites is 1. The number of nitrogens with one attached hydrogen (secondary N) is 1. The molecule has 0 spiro atoms. The van der Waals surface area contributed by atoms with Crippen molar-refractivity contribution in [3.05, 3.63) is 53.4 Å². The Hall–Kier alpha value is -3.37. The second kappa shape index (κ2) is 7.71. The van der Waals surface area contributed by atoms with Gasteiger partial charge in [0.1, 0.15) is 18.1 Å². The highest BCUT2D eigenvalue weighted by molar-refractivity contribution is 5.71. The maximum atomic E-state index is 7.41. The standard InChI is InChI=1S/C21H20N4O3/c1-13(2)27-18-8-7-14(11-17(18)22-3)21-24-20(25-28-21)16-6-4-5-15-12-23-9-10-26-19(15)16/h4-8,11,13,23H,9-10,12H2,1-2H3. The number of aromatic nitrogens is 2. The second-order valence-corrected chi connectivity index (χ2v) is 6.70. The van der Waals surface area contributed by atoms with Gasteiger partial charge < -0.3 is 19.3 Å². The van der Waals surface area contributed by atoms with Gasteiger partial charge in [0.15, 0.2) is 0 Å². The quantitative estimate of drug-likeness (QED) is 0.687. The molecule has 0 saturated carbocycles. The van der Waals surface area contributed by atoms with Crippen LogP contribution in [0.15, 0.2) is 40.9 Å². The van der Waals surface area contributed by atoms with Gasteiger partial charge >= 0.3 is 0 Å². The van der Waals surface area contributed by atoms with E-state index in [-0.39, 0.29) is 6.10 Å². The molecule has 0 saturated heterocycles. The Morgan fingerprint density at radius 1 is 1.25 bits per heavy atom. The van der Waals surface area contributed by atoms with Crippen LogP contribution < -0.4 is 14.8 Å². The molecular weight excluding hydrogens is 356 g/mol. The number of benzene rings is 2. The molecule has 3 aromatic rings. The van der Waals surface area contributed by atoms with Crippen LogP contribution in [0.1, 0.15) is 19.4 Å². The van der Waals surface area contributed by atoms with Crippen molar-refractivity contribution in [3.63, 3.8) is 0 Å². The number of hydrogen-bond acceptors (Lipinski definition) is 6. The average molecular weight is 376 g/mol. The Labute approximate surface area is 163 Å². The number of fused-ring (bicyclic) bond motifs is 1. The normalized spacial score (nSPS) is 13.4. The third-order valence-electron chi connectivity index (χ3n) is 4.29. The van der Waals surface area contributed by atoms with Crippen LogP contribution in [0.25, 0.3) is 27.7 Å². The van der Waals surface area contributed by atoms with Crippen molar-refractivity contribution in [2.24, 2.45) is 0 Å². The third kappa shape index (κ3) is 3.55. The SMILES string of the molecule is [C-]#[N+]c1cc(-c2nc(-c3cccc4c3OCCNC4)no2)ccc1OC(C)C. The maximum Gasteiger partial charge on any atom is 0.256 e. The van der Waals surface area contributed by atoms with Gasteiger partial charge in [-0.15, -0.1) is 0 Å². The summed E-state index contributed by atoms with van der Waals surface area (Å²) in [7, 11) is 0. The molecule has 7 nitrogen and oxygen atoms in total.